The molecule has 1 heterocycles. The van der Waals surface area contributed by atoms with Crippen LogP contribution in [-0.2, 0) is 13.6 Å². The molecule has 3 nitrogen and oxygen atoms in total. The molecule has 1 aromatic carbocycles. The van der Waals surface area contributed by atoms with E-state index in [0.717, 1.165) is 21.1 Å². The van der Waals surface area contributed by atoms with Crippen molar-refractivity contribution >= 4 is 26.8 Å². The highest BCUT2D eigenvalue weighted by molar-refractivity contribution is 9.10. The lowest BCUT2D eigenvalue weighted by Crippen LogP contribution is -1.99. The van der Waals surface area contributed by atoms with E-state index in [0.29, 0.717) is 6.54 Å². The number of rotatable bonds is 2. The Morgan fingerprint density at radius 3 is 2.69 bits per heavy atom. The third kappa shape index (κ3) is 1.53. The Kier molecular flexibility index (Phi) is 2.95. The number of methoxy groups -OCH3 is 1. The molecule has 0 unspecified atom stereocenters. The highest BCUT2D eigenvalue weighted by atomic mass is 79.9. The van der Waals surface area contributed by atoms with E-state index >= 15 is 0 Å². The molecule has 0 radical (unpaired) electrons. The molecule has 0 aliphatic heterocycles. The number of aromatic nitrogens is 1. The number of ether oxygens (including phenoxy) is 1. The van der Waals surface area contributed by atoms with Crippen LogP contribution >= 0.6 is 15.9 Å². The van der Waals surface area contributed by atoms with Crippen molar-refractivity contribution in [3.8, 4) is 5.75 Å². The lowest BCUT2D eigenvalue weighted by molar-refractivity contribution is 0.417. The maximum absolute atomic E-state index is 5.80. The van der Waals surface area contributed by atoms with E-state index < -0.39 is 0 Å². The van der Waals surface area contributed by atoms with Crippen molar-refractivity contribution in [2.24, 2.45) is 12.8 Å². The van der Waals surface area contributed by atoms with Crippen molar-refractivity contribution in [3.05, 3.63) is 27.9 Å². The lowest BCUT2D eigenvalue weighted by Gasteiger charge is -2.06. The van der Waals surface area contributed by atoms with Crippen LogP contribution in [0.15, 0.2) is 16.6 Å². The molecule has 86 valence electrons. The fourth-order valence-electron chi connectivity index (χ4n) is 2.13. The van der Waals surface area contributed by atoms with Gasteiger partial charge in [0.05, 0.1) is 12.6 Å². The predicted octanol–water partition coefficient (Wildman–Crippen LogP) is 2.72. The number of hydrogen-bond donors (Lipinski definition) is 1. The Hall–Kier alpha value is -1.00. The first-order valence-corrected chi connectivity index (χ1v) is 5.91. The number of hydrogen-bond acceptors (Lipinski definition) is 2. The number of fused-ring (bicyclic) bond motifs is 1. The summed E-state index contributed by atoms with van der Waals surface area (Å²) in [5.74, 6) is 0.870. The Balaban J connectivity index is 2.93. The van der Waals surface area contributed by atoms with Gasteiger partial charge in [0, 0.05) is 29.1 Å². The first-order valence-electron chi connectivity index (χ1n) is 5.11. The summed E-state index contributed by atoms with van der Waals surface area (Å²) in [6.07, 6.45) is 0. The zero-order chi connectivity index (χ0) is 11.9. The second kappa shape index (κ2) is 4.11. The highest BCUT2D eigenvalue weighted by Crippen LogP contribution is 2.34. The van der Waals surface area contributed by atoms with Crippen LogP contribution in [0.1, 0.15) is 11.3 Å². The number of nitrogens with zero attached hydrogens (tertiary/aromatic N) is 1. The maximum atomic E-state index is 5.80. The standard InChI is InChI=1S/C12H15BrN2O/c1-7-10(6-14)9-4-8(13)5-11(16-3)12(9)15(7)2/h4-5H,6,14H2,1-3H3. The highest BCUT2D eigenvalue weighted by Gasteiger charge is 2.15. The molecule has 0 fully saturated rings. The average molecular weight is 283 g/mol. The second-order valence-electron chi connectivity index (χ2n) is 3.83. The van der Waals surface area contributed by atoms with Gasteiger partial charge in [0.25, 0.3) is 0 Å². The molecule has 0 aliphatic rings. The van der Waals surface area contributed by atoms with Gasteiger partial charge in [-0.15, -0.1) is 0 Å². The monoisotopic (exact) mass is 282 g/mol. The minimum atomic E-state index is 0.544. The van der Waals surface area contributed by atoms with Gasteiger partial charge >= 0.3 is 0 Å². The minimum absolute atomic E-state index is 0.544. The molecule has 0 bridgehead atoms. The summed E-state index contributed by atoms with van der Waals surface area (Å²) in [5.41, 5.74) is 9.27. The van der Waals surface area contributed by atoms with Crippen LogP contribution in [0.3, 0.4) is 0 Å². The van der Waals surface area contributed by atoms with E-state index in [1.54, 1.807) is 7.11 Å². The molecule has 0 spiro atoms. The zero-order valence-corrected chi connectivity index (χ0v) is 11.3. The normalized spacial score (nSPS) is 11.1. The van der Waals surface area contributed by atoms with E-state index in [9.17, 15) is 0 Å². The molecular formula is C12H15BrN2O. The quantitative estimate of drug-likeness (QED) is 0.920. The number of benzene rings is 1. The van der Waals surface area contributed by atoms with E-state index in [1.165, 1.54) is 11.3 Å². The Morgan fingerprint density at radius 2 is 2.12 bits per heavy atom. The van der Waals surface area contributed by atoms with Gasteiger partial charge in [-0.05, 0) is 24.6 Å². The van der Waals surface area contributed by atoms with Gasteiger partial charge in [-0.3, -0.25) is 0 Å². The van der Waals surface area contributed by atoms with Gasteiger partial charge in [-0.2, -0.15) is 0 Å². The van der Waals surface area contributed by atoms with E-state index in [4.69, 9.17) is 10.5 Å². The Morgan fingerprint density at radius 1 is 1.44 bits per heavy atom. The van der Waals surface area contributed by atoms with E-state index in [1.807, 2.05) is 13.1 Å². The molecule has 4 heteroatoms. The third-order valence-corrected chi connectivity index (χ3v) is 3.52. The van der Waals surface area contributed by atoms with Crippen molar-refractivity contribution in [3.63, 3.8) is 0 Å². The minimum Gasteiger partial charge on any atom is -0.495 e. The largest absolute Gasteiger partial charge is 0.495 e. The van der Waals surface area contributed by atoms with Crippen molar-refractivity contribution in [1.29, 1.82) is 0 Å². The fourth-order valence-corrected chi connectivity index (χ4v) is 2.57. The van der Waals surface area contributed by atoms with Crippen molar-refractivity contribution < 1.29 is 4.74 Å². The first kappa shape index (κ1) is 11.5. The summed E-state index contributed by atoms with van der Waals surface area (Å²) in [5, 5.41) is 1.16. The predicted molar refractivity (Wildman–Crippen MR) is 69.8 cm³/mol. The van der Waals surface area contributed by atoms with Crippen LogP contribution < -0.4 is 10.5 Å². The van der Waals surface area contributed by atoms with Gasteiger partial charge in [0.2, 0.25) is 0 Å². The summed E-state index contributed by atoms with van der Waals surface area (Å²) in [4.78, 5) is 0. The molecule has 0 saturated carbocycles. The first-order chi connectivity index (χ1) is 7.60. The Labute approximate surface area is 103 Å². The zero-order valence-electron chi connectivity index (χ0n) is 9.67. The molecular weight excluding hydrogens is 268 g/mol. The summed E-state index contributed by atoms with van der Waals surface area (Å²) in [6.45, 7) is 2.62. The molecule has 2 rings (SSSR count). The number of aryl methyl sites for hydroxylation is 1. The third-order valence-electron chi connectivity index (χ3n) is 3.06. The summed E-state index contributed by atoms with van der Waals surface area (Å²) < 4.78 is 8.55. The maximum Gasteiger partial charge on any atom is 0.144 e. The van der Waals surface area contributed by atoms with Gasteiger partial charge < -0.3 is 15.0 Å². The van der Waals surface area contributed by atoms with Crippen LogP contribution in [0.4, 0.5) is 0 Å². The van der Waals surface area contributed by atoms with Gasteiger partial charge in [0.15, 0.2) is 0 Å². The van der Waals surface area contributed by atoms with Crippen LogP contribution in [0, 0.1) is 6.92 Å². The van der Waals surface area contributed by atoms with Crippen molar-refractivity contribution in [2.75, 3.05) is 7.11 Å². The Bertz CT molecular complexity index is 546. The summed E-state index contributed by atoms with van der Waals surface area (Å²) in [7, 11) is 3.72. The van der Waals surface area contributed by atoms with Crippen LogP contribution in [0.25, 0.3) is 10.9 Å². The van der Waals surface area contributed by atoms with Gasteiger partial charge in [-0.25, -0.2) is 0 Å². The summed E-state index contributed by atoms with van der Waals surface area (Å²) >= 11 is 3.49. The second-order valence-corrected chi connectivity index (χ2v) is 4.75. The molecule has 2 aromatic rings. The molecule has 16 heavy (non-hydrogen) atoms. The molecule has 2 N–H and O–H groups in total. The average Bonchev–Trinajstić information content (AvgIpc) is 2.50. The summed E-state index contributed by atoms with van der Waals surface area (Å²) in [6, 6.07) is 4.06. The lowest BCUT2D eigenvalue weighted by atomic mass is 10.1. The van der Waals surface area contributed by atoms with Crippen LogP contribution in [0.5, 0.6) is 5.75 Å². The van der Waals surface area contributed by atoms with Crippen molar-refractivity contribution in [2.45, 2.75) is 13.5 Å². The SMILES string of the molecule is COc1cc(Br)cc2c(CN)c(C)n(C)c12. The van der Waals surface area contributed by atoms with Gasteiger partial charge in [-0.1, -0.05) is 15.9 Å². The van der Waals surface area contributed by atoms with Gasteiger partial charge in [0.1, 0.15) is 5.75 Å². The number of nitrogens with two attached hydrogens (primary N) is 1. The van der Waals surface area contributed by atoms with Crippen LogP contribution in [-0.4, -0.2) is 11.7 Å². The smallest absolute Gasteiger partial charge is 0.144 e. The molecule has 0 aliphatic carbocycles. The van der Waals surface area contributed by atoms with E-state index in [2.05, 4.69) is 33.5 Å². The van der Waals surface area contributed by atoms with Crippen LogP contribution in [0.2, 0.25) is 0 Å². The molecule has 0 saturated heterocycles. The topological polar surface area (TPSA) is 40.2 Å². The molecule has 1 aromatic heterocycles. The molecule has 0 atom stereocenters. The molecule has 0 amide bonds. The van der Waals surface area contributed by atoms with Crippen molar-refractivity contribution in [1.82, 2.24) is 4.57 Å². The fraction of sp³-hybridized carbons (Fsp3) is 0.333. The number of halogens is 1. The van der Waals surface area contributed by atoms with E-state index in [-0.39, 0.29) is 0 Å².